The number of nitrogens with zero attached hydrogens (tertiary/aromatic N) is 1. The van der Waals surface area contributed by atoms with Crippen LogP contribution in [0.15, 0.2) is 26.3 Å². The Kier molecular flexibility index (Phi) is 3.99. The summed E-state index contributed by atoms with van der Waals surface area (Å²) < 4.78 is 5.69. The first-order valence-corrected chi connectivity index (χ1v) is 6.58. The highest BCUT2D eigenvalue weighted by Gasteiger charge is 2.17. The maximum atomic E-state index is 11.7. The Hall–Kier alpha value is -1.10. The van der Waals surface area contributed by atoms with Gasteiger partial charge in [0.05, 0.1) is 0 Å². The standard InChI is InChI=1S/C12H15BrN2O2/c1-8-4-2-3-5-9(8)14-15-12(16)10-6-7-11(13)17-10/h6-8H,2-5H2,1H3,(H,15,16). The molecule has 5 heteroatoms. The molecule has 0 bridgehead atoms. The molecule has 0 saturated heterocycles. The number of nitrogens with one attached hydrogen (secondary N) is 1. The number of halogens is 1. The highest BCUT2D eigenvalue weighted by molar-refractivity contribution is 9.10. The summed E-state index contributed by atoms with van der Waals surface area (Å²) in [6.45, 7) is 2.15. The SMILES string of the molecule is CC1CCCCC1=NNC(=O)c1ccc(Br)o1. The van der Waals surface area contributed by atoms with Crippen LogP contribution in [0, 0.1) is 5.92 Å². The van der Waals surface area contributed by atoms with Gasteiger partial charge in [-0.05, 0) is 53.2 Å². The van der Waals surface area contributed by atoms with E-state index in [2.05, 4.69) is 33.4 Å². The third kappa shape index (κ3) is 3.19. The average molecular weight is 299 g/mol. The summed E-state index contributed by atoms with van der Waals surface area (Å²) in [7, 11) is 0. The van der Waals surface area contributed by atoms with Gasteiger partial charge in [-0.15, -0.1) is 0 Å². The fourth-order valence-electron chi connectivity index (χ4n) is 1.95. The monoisotopic (exact) mass is 298 g/mol. The average Bonchev–Trinajstić information content (AvgIpc) is 2.74. The summed E-state index contributed by atoms with van der Waals surface area (Å²) in [5, 5.41) is 4.19. The summed E-state index contributed by atoms with van der Waals surface area (Å²) in [5.41, 5.74) is 3.63. The molecule has 2 rings (SSSR count). The molecule has 0 aliphatic heterocycles. The van der Waals surface area contributed by atoms with E-state index in [9.17, 15) is 4.79 Å². The van der Waals surface area contributed by atoms with Gasteiger partial charge in [-0.1, -0.05) is 13.3 Å². The number of amides is 1. The summed E-state index contributed by atoms with van der Waals surface area (Å²) in [4.78, 5) is 11.7. The van der Waals surface area contributed by atoms with Crippen LogP contribution in [-0.4, -0.2) is 11.6 Å². The molecule has 4 nitrogen and oxygen atoms in total. The molecule has 1 aliphatic rings. The van der Waals surface area contributed by atoms with Gasteiger partial charge in [0.15, 0.2) is 10.4 Å². The molecule has 92 valence electrons. The van der Waals surface area contributed by atoms with Crippen molar-refractivity contribution in [3.05, 3.63) is 22.6 Å². The number of hydrogen-bond acceptors (Lipinski definition) is 3. The smallest absolute Gasteiger partial charge is 0.307 e. The first-order valence-electron chi connectivity index (χ1n) is 5.79. The molecular weight excluding hydrogens is 284 g/mol. The zero-order chi connectivity index (χ0) is 12.3. The summed E-state index contributed by atoms with van der Waals surface area (Å²) in [6, 6.07) is 3.30. The van der Waals surface area contributed by atoms with E-state index in [0.717, 1.165) is 25.0 Å². The zero-order valence-electron chi connectivity index (χ0n) is 9.70. The maximum absolute atomic E-state index is 11.7. The second-order valence-electron chi connectivity index (χ2n) is 4.29. The van der Waals surface area contributed by atoms with E-state index in [4.69, 9.17) is 4.42 Å². The largest absolute Gasteiger partial charge is 0.444 e. The van der Waals surface area contributed by atoms with Crippen molar-refractivity contribution in [3.63, 3.8) is 0 Å². The van der Waals surface area contributed by atoms with Gasteiger partial charge in [-0.2, -0.15) is 5.10 Å². The van der Waals surface area contributed by atoms with Crippen molar-refractivity contribution in [2.24, 2.45) is 11.0 Å². The molecule has 1 amide bonds. The summed E-state index contributed by atoms with van der Waals surface area (Å²) in [6.07, 6.45) is 4.54. The number of hydrazone groups is 1. The normalized spacial score (nSPS) is 22.7. The Morgan fingerprint density at radius 2 is 2.35 bits per heavy atom. The fourth-order valence-corrected chi connectivity index (χ4v) is 2.26. The van der Waals surface area contributed by atoms with E-state index in [0.29, 0.717) is 10.6 Å². The lowest BCUT2D eigenvalue weighted by Gasteiger charge is -2.19. The van der Waals surface area contributed by atoms with Gasteiger partial charge in [0, 0.05) is 5.71 Å². The quantitative estimate of drug-likeness (QED) is 0.852. The summed E-state index contributed by atoms with van der Waals surface area (Å²) >= 11 is 3.16. The van der Waals surface area contributed by atoms with Crippen molar-refractivity contribution < 1.29 is 9.21 Å². The fraction of sp³-hybridized carbons (Fsp3) is 0.500. The first-order chi connectivity index (χ1) is 8.16. The third-order valence-corrected chi connectivity index (χ3v) is 3.41. The molecule has 1 N–H and O–H groups in total. The Labute approximate surface area is 109 Å². The van der Waals surface area contributed by atoms with Crippen molar-refractivity contribution in [2.45, 2.75) is 32.6 Å². The van der Waals surface area contributed by atoms with Gasteiger partial charge in [-0.25, -0.2) is 5.43 Å². The van der Waals surface area contributed by atoms with Crippen molar-refractivity contribution in [2.75, 3.05) is 0 Å². The number of rotatable bonds is 2. The van der Waals surface area contributed by atoms with Crippen LogP contribution in [0.5, 0.6) is 0 Å². The minimum atomic E-state index is -0.305. The van der Waals surface area contributed by atoms with E-state index in [-0.39, 0.29) is 11.7 Å². The van der Waals surface area contributed by atoms with Crippen LogP contribution in [0.2, 0.25) is 0 Å². The van der Waals surface area contributed by atoms with Crippen LogP contribution >= 0.6 is 15.9 Å². The Bertz CT molecular complexity index is 439. The molecule has 1 atom stereocenters. The van der Waals surface area contributed by atoms with Gasteiger partial charge in [0.25, 0.3) is 0 Å². The van der Waals surface area contributed by atoms with Crippen LogP contribution in [0.4, 0.5) is 0 Å². The Morgan fingerprint density at radius 3 is 3.00 bits per heavy atom. The molecule has 1 fully saturated rings. The number of carbonyl (C=O) groups excluding carboxylic acids is 1. The molecule has 1 unspecified atom stereocenters. The number of furan rings is 1. The van der Waals surface area contributed by atoms with Crippen molar-refractivity contribution in [3.8, 4) is 0 Å². The molecule has 1 saturated carbocycles. The lowest BCUT2D eigenvalue weighted by Crippen LogP contribution is -2.24. The van der Waals surface area contributed by atoms with Crippen LogP contribution in [0.3, 0.4) is 0 Å². The Morgan fingerprint density at radius 1 is 1.53 bits per heavy atom. The van der Waals surface area contributed by atoms with E-state index < -0.39 is 0 Å². The van der Waals surface area contributed by atoms with Gasteiger partial charge < -0.3 is 4.42 Å². The maximum Gasteiger partial charge on any atom is 0.307 e. The predicted octanol–water partition coefficient (Wildman–Crippen LogP) is 3.34. The lowest BCUT2D eigenvalue weighted by atomic mass is 9.89. The second kappa shape index (κ2) is 5.49. The highest BCUT2D eigenvalue weighted by Crippen LogP contribution is 2.20. The first kappa shape index (κ1) is 12.4. The van der Waals surface area contributed by atoms with Crippen LogP contribution < -0.4 is 5.43 Å². The topological polar surface area (TPSA) is 54.6 Å². The van der Waals surface area contributed by atoms with E-state index >= 15 is 0 Å². The van der Waals surface area contributed by atoms with Gasteiger partial charge >= 0.3 is 5.91 Å². The van der Waals surface area contributed by atoms with Gasteiger partial charge in [-0.3, -0.25) is 4.79 Å². The third-order valence-electron chi connectivity index (χ3n) is 2.99. The summed E-state index contributed by atoms with van der Waals surface area (Å²) in [5.74, 6) is 0.429. The van der Waals surface area contributed by atoms with E-state index in [1.54, 1.807) is 12.1 Å². The molecule has 0 radical (unpaired) electrons. The number of carbonyl (C=O) groups is 1. The van der Waals surface area contributed by atoms with E-state index in [1.807, 2.05) is 0 Å². The van der Waals surface area contributed by atoms with Gasteiger partial charge in [0.2, 0.25) is 0 Å². The zero-order valence-corrected chi connectivity index (χ0v) is 11.3. The van der Waals surface area contributed by atoms with Crippen LogP contribution in [0.1, 0.15) is 43.2 Å². The lowest BCUT2D eigenvalue weighted by molar-refractivity contribution is 0.0925. The predicted molar refractivity (Wildman–Crippen MR) is 68.9 cm³/mol. The molecule has 0 aromatic carbocycles. The minimum Gasteiger partial charge on any atom is -0.444 e. The van der Waals surface area contributed by atoms with Crippen molar-refractivity contribution >= 4 is 27.5 Å². The van der Waals surface area contributed by atoms with Crippen molar-refractivity contribution in [1.29, 1.82) is 0 Å². The molecular formula is C12H15BrN2O2. The number of hydrogen-bond donors (Lipinski definition) is 1. The molecule has 1 aromatic rings. The highest BCUT2D eigenvalue weighted by atomic mass is 79.9. The Balaban J connectivity index is 1.97. The molecule has 1 aromatic heterocycles. The van der Waals surface area contributed by atoms with Crippen LogP contribution in [-0.2, 0) is 0 Å². The van der Waals surface area contributed by atoms with Crippen molar-refractivity contribution in [1.82, 2.24) is 5.43 Å². The molecule has 1 aliphatic carbocycles. The molecule has 0 spiro atoms. The molecule has 17 heavy (non-hydrogen) atoms. The second-order valence-corrected chi connectivity index (χ2v) is 5.08. The van der Waals surface area contributed by atoms with E-state index in [1.165, 1.54) is 6.42 Å². The van der Waals surface area contributed by atoms with Gasteiger partial charge in [0.1, 0.15) is 0 Å². The minimum absolute atomic E-state index is 0.268. The van der Waals surface area contributed by atoms with Crippen LogP contribution in [0.25, 0.3) is 0 Å². The molecule has 1 heterocycles.